The number of nitrogens with zero attached hydrogens (tertiary/aromatic N) is 1. The number of aliphatic hydroxyl groups is 1. The quantitative estimate of drug-likeness (QED) is 0.882. The molecule has 0 amide bonds. The van der Waals surface area contributed by atoms with E-state index in [2.05, 4.69) is 13.8 Å². The molecule has 1 aliphatic rings. The van der Waals surface area contributed by atoms with Gasteiger partial charge in [-0.1, -0.05) is 26.0 Å². The first-order chi connectivity index (χ1) is 8.23. The standard InChI is InChI=1S/C13H16F3NO/c1-9(2)10-3-5-11(6-4-10)17-7-12(18,8-17)13(14,15)16/h3-6,9,18H,7-8H2,1-2H3. The third-order valence-electron chi connectivity index (χ3n) is 3.36. The van der Waals surface area contributed by atoms with Crippen LogP contribution in [0.1, 0.15) is 25.3 Å². The molecule has 0 bridgehead atoms. The third-order valence-corrected chi connectivity index (χ3v) is 3.36. The maximum atomic E-state index is 12.5. The number of rotatable bonds is 2. The monoisotopic (exact) mass is 259 g/mol. The van der Waals surface area contributed by atoms with Gasteiger partial charge in [0, 0.05) is 5.69 Å². The van der Waals surface area contributed by atoms with E-state index >= 15 is 0 Å². The summed E-state index contributed by atoms with van der Waals surface area (Å²) in [5, 5.41) is 9.35. The second-order valence-corrected chi connectivity index (χ2v) is 5.13. The van der Waals surface area contributed by atoms with Crippen LogP contribution in [0.2, 0.25) is 0 Å². The lowest BCUT2D eigenvalue weighted by atomic mass is 9.92. The molecule has 5 heteroatoms. The number of anilines is 1. The Morgan fingerprint density at radius 1 is 1.17 bits per heavy atom. The summed E-state index contributed by atoms with van der Waals surface area (Å²) in [5.74, 6) is 0.391. The van der Waals surface area contributed by atoms with Crippen molar-refractivity contribution in [2.75, 3.05) is 18.0 Å². The van der Waals surface area contributed by atoms with Gasteiger partial charge >= 0.3 is 6.18 Å². The van der Waals surface area contributed by atoms with Crippen LogP contribution in [0.4, 0.5) is 18.9 Å². The lowest BCUT2D eigenvalue weighted by Crippen LogP contribution is -2.69. The summed E-state index contributed by atoms with van der Waals surface area (Å²) in [6, 6.07) is 7.41. The van der Waals surface area contributed by atoms with Gasteiger partial charge in [0.2, 0.25) is 0 Å². The van der Waals surface area contributed by atoms with Gasteiger partial charge in [-0.05, 0) is 23.6 Å². The van der Waals surface area contributed by atoms with Gasteiger partial charge in [0.15, 0.2) is 5.60 Å². The normalized spacial score (nSPS) is 18.9. The van der Waals surface area contributed by atoms with Crippen LogP contribution < -0.4 is 4.90 Å². The van der Waals surface area contributed by atoms with Crippen LogP contribution in [0.25, 0.3) is 0 Å². The number of benzene rings is 1. The predicted octanol–water partition coefficient (Wildman–Crippen LogP) is 2.92. The lowest BCUT2D eigenvalue weighted by Gasteiger charge is -2.48. The summed E-state index contributed by atoms with van der Waals surface area (Å²) in [4.78, 5) is 1.53. The smallest absolute Gasteiger partial charge is 0.378 e. The topological polar surface area (TPSA) is 23.5 Å². The highest BCUT2D eigenvalue weighted by atomic mass is 19.4. The van der Waals surface area contributed by atoms with Crippen LogP contribution in [-0.4, -0.2) is 30.0 Å². The number of β-amino-alcohol motifs (C(OH)–C–C–N with tert-alkyl or cyclic N) is 1. The molecule has 100 valence electrons. The van der Waals surface area contributed by atoms with Gasteiger partial charge in [0.1, 0.15) is 0 Å². The summed E-state index contributed by atoms with van der Waals surface area (Å²) in [7, 11) is 0. The average Bonchev–Trinajstić information content (AvgIpc) is 2.23. The molecule has 1 fully saturated rings. The Hall–Kier alpha value is -1.23. The highest BCUT2D eigenvalue weighted by Gasteiger charge is 2.61. The molecular weight excluding hydrogens is 243 g/mol. The Balaban J connectivity index is 2.04. The fraction of sp³-hybridized carbons (Fsp3) is 0.538. The largest absolute Gasteiger partial charge is 0.420 e. The second-order valence-electron chi connectivity index (χ2n) is 5.13. The summed E-state index contributed by atoms with van der Waals surface area (Å²) >= 11 is 0. The summed E-state index contributed by atoms with van der Waals surface area (Å²) in [6.45, 7) is 3.33. The zero-order valence-electron chi connectivity index (χ0n) is 10.3. The van der Waals surface area contributed by atoms with E-state index in [0.717, 1.165) is 5.56 Å². The van der Waals surface area contributed by atoms with Crippen molar-refractivity contribution >= 4 is 5.69 Å². The van der Waals surface area contributed by atoms with E-state index in [9.17, 15) is 18.3 Å². The molecule has 2 nitrogen and oxygen atoms in total. The van der Waals surface area contributed by atoms with Crippen LogP contribution >= 0.6 is 0 Å². The lowest BCUT2D eigenvalue weighted by molar-refractivity contribution is -0.267. The van der Waals surface area contributed by atoms with E-state index in [-0.39, 0.29) is 0 Å². The van der Waals surface area contributed by atoms with Gasteiger partial charge in [-0.2, -0.15) is 13.2 Å². The molecule has 1 heterocycles. The van der Waals surface area contributed by atoms with Crippen LogP contribution in [-0.2, 0) is 0 Å². The third kappa shape index (κ3) is 2.19. The molecule has 0 unspecified atom stereocenters. The molecule has 1 aliphatic heterocycles. The van der Waals surface area contributed by atoms with Gasteiger partial charge in [-0.25, -0.2) is 0 Å². The van der Waals surface area contributed by atoms with Gasteiger partial charge in [0.25, 0.3) is 0 Å². The molecule has 18 heavy (non-hydrogen) atoms. The molecule has 0 aromatic heterocycles. The molecular formula is C13H16F3NO. The molecule has 1 aromatic rings. The zero-order valence-corrected chi connectivity index (χ0v) is 10.3. The van der Waals surface area contributed by atoms with Crippen LogP contribution in [0.3, 0.4) is 0 Å². The fourth-order valence-electron chi connectivity index (χ4n) is 2.02. The minimum atomic E-state index is -4.55. The Kier molecular flexibility index (Phi) is 3.05. The molecule has 0 spiro atoms. The predicted molar refractivity (Wildman–Crippen MR) is 63.7 cm³/mol. The van der Waals surface area contributed by atoms with E-state index in [4.69, 9.17) is 0 Å². The van der Waals surface area contributed by atoms with E-state index in [1.807, 2.05) is 12.1 Å². The number of halogens is 3. The molecule has 1 saturated heterocycles. The van der Waals surface area contributed by atoms with Gasteiger partial charge in [-0.3, -0.25) is 0 Å². The minimum Gasteiger partial charge on any atom is -0.378 e. The molecule has 1 aromatic carbocycles. The summed E-state index contributed by atoms with van der Waals surface area (Å²) in [6.07, 6.45) is -4.55. The van der Waals surface area contributed by atoms with Crippen molar-refractivity contribution in [3.63, 3.8) is 0 Å². The number of alkyl halides is 3. The van der Waals surface area contributed by atoms with E-state index < -0.39 is 24.9 Å². The minimum absolute atomic E-state index is 0.391. The van der Waals surface area contributed by atoms with Crippen LogP contribution in [0, 0.1) is 0 Å². The fourth-order valence-corrected chi connectivity index (χ4v) is 2.02. The molecule has 0 radical (unpaired) electrons. The Morgan fingerprint density at radius 3 is 2.06 bits per heavy atom. The van der Waals surface area contributed by atoms with Gasteiger partial charge in [-0.15, -0.1) is 0 Å². The molecule has 0 aliphatic carbocycles. The molecule has 0 atom stereocenters. The first-order valence-electron chi connectivity index (χ1n) is 5.87. The molecule has 0 saturated carbocycles. The van der Waals surface area contributed by atoms with Crippen molar-refractivity contribution < 1.29 is 18.3 Å². The van der Waals surface area contributed by atoms with Crippen molar-refractivity contribution in [1.29, 1.82) is 0 Å². The summed E-state index contributed by atoms with van der Waals surface area (Å²) < 4.78 is 37.4. The van der Waals surface area contributed by atoms with Crippen molar-refractivity contribution in [1.82, 2.24) is 0 Å². The molecule has 1 N–H and O–H groups in total. The number of hydrogen-bond acceptors (Lipinski definition) is 2. The second kappa shape index (κ2) is 4.16. The highest BCUT2D eigenvalue weighted by Crippen LogP contribution is 2.39. The Bertz CT molecular complexity index is 419. The first kappa shape index (κ1) is 13.2. The Morgan fingerprint density at radius 2 is 1.67 bits per heavy atom. The van der Waals surface area contributed by atoms with Gasteiger partial charge < -0.3 is 10.0 Å². The van der Waals surface area contributed by atoms with Gasteiger partial charge in [0.05, 0.1) is 13.1 Å². The maximum Gasteiger partial charge on any atom is 0.420 e. The van der Waals surface area contributed by atoms with Crippen molar-refractivity contribution in [2.24, 2.45) is 0 Å². The average molecular weight is 259 g/mol. The van der Waals surface area contributed by atoms with E-state index in [1.54, 1.807) is 12.1 Å². The Labute approximate surface area is 104 Å². The number of hydrogen-bond donors (Lipinski definition) is 1. The highest BCUT2D eigenvalue weighted by molar-refractivity contribution is 5.52. The zero-order chi connectivity index (χ0) is 13.6. The molecule has 2 rings (SSSR count). The van der Waals surface area contributed by atoms with Crippen LogP contribution in [0.5, 0.6) is 0 Å². The van der Waals surface area contributed by atoms with Crippen molar-refractivity contribution in [3.8, 4) is 0 Å². The SMILES string of the molecule is CC(C)c1ccc(N2CC(O)(C(F)(F)F)C2)cc1. The first-order valence-corrected chi connectivity index (χ1v) is 5.87. The van der Waals surface area contributed by atoms with E-state index in [1.165, 1.54) is 4.90 Å². The summed E-state index contributed by atoms with van der Waals surface area (Å²) in [5.41, 5.74) is -0.692. The van der Waals surface area contributed by atoms with Crippen LogP contribution in [0.15, 0.2) is 24.3 Å². The van der Waals surface area contributed by atoms with Crippen molar-refractivity contribution in [2.45, 2.75) is 31.5 Å². The maximum absolute atomic E-state index is 12.5. The van der Waals surface area contributed by atoms with E-state index in [0.29, 0.717) is 11.6 Å². The van der Waals surface area contributed by atoms with Crippen molar-refractivity contribution in [3.05, 3.63) is 29.8 Å².